The quantitative estimate of drug-likeness (QED) is 0.250. The van der Waals surface area contributed by atoms with E-state index in [2.05, 4.69) is 15.9 Å². The molecule has 0 spiro atoms. The normalized spacial score (nSPS) is 15.6. The minimum absolute atomic E-state index is 0.141. The second-order valence-corrected chi connectivity index (χ2v) is 8.44. The third kappa shape index (κ3) is 4.02. The van der Waals surface area contributed by atoms with E-state index in [1.54, 1.807) is 42.5 Å². The minimum atomic E-state index is -0.540. The summed E-state index contributed by atoms with van der Waals surface area (Å²) in [6.45, 7) is 0.560. The van der Waals surface area contributed by atoms with Crippen molar-refractivity contribution in [2.24, 2.45) is 0 Å². The zero-order chi connectivity index (χ0) is 22.2. The summed E-state index contributed by atoms with van der Waals surface area (Å²) in [6.07, 6.45) is 1.64. The Bertz CT molecular complexity index is 1280. The van der Waals surface area contributed by atoms with Crippen molar-refractivity contribution >= 4 is 45.4 Å². The first kappa shape index (κ1) is 20.8. The van der Waals surface area contributed by atoms with Gasteiger partial charge in [0, 0.05) is 26.7 Å². The highest BCUT2D eigenvalue weighted by atomic mass is 79.9. The molecule has 0 radical (unpaired) electrons. The third-order valence-electron chi connectivity index (χ3n) is 4.92. The molecule has 2 heterocycles. The summed E-state index contributed by atoms with van der Waals surface area (Å²) in [6, 6.07) is 14.8. The molecule has 0 saturated heterocycles. The van der Waals surface area contributed by atoms with Gasteiger partial charge in [-0.3, -0.25) is 4.79 Å². The molecule has 0 saturated carbocycles. The Labute approximate surface area is 196 Å². The van der Waals surface area contributed by atoms with Crippen LogP contribution in [0.25, 0.3) is 6.08 Å². The predicted molar refractivity (Wildman–Crippen MR) is 120 cm³/mol. The number of hydrogen-bond acceptors (Lipinski definition) is 6. The van der Waals surface area contributed by atoms with Crippen molar-refractivity contribution in [1.29, 1.82) is 0 Å². The van der Waals surface area contributed by atoms with Crippen LogP contribution >= 0.6 is 27.5 Å². The Morgan fingerprint density at radius 1 is 1.09 bits per heavy atom. The number of carbonyl (C=O) groups excluding carboxylic acids is 2. The van der Waals surface area contributed by atoms with Crippen molar-refractivity contribution in [2.45, 2.75) is 6.61 Å². The lowest BCUT2D eigenvalue weighted by Gasteiger charge is -2.20. The van der Waals surface area contributed by atoms with Gasteiger partial charge in [0.2, 0.25) is 5.78 Å². The summed E-state index contributed by atoms with van der Waals surface area (Å²) in [5.74, 6) is 0.570. The summed E-state index contributed by atoms with van der Waals surface area (Å²) in [7, 11) is 0. The fourth-order valence-electron chi connectivity index (χ4n) is 3.44. The molecule has 3 aromatic rings. The smallest absolute Gasteiger partial charge is 0.343 e. The van der Waals surface area contributed by atoms with E-state index in [4.69, 9.17) is 30.5 Å². The zero-order valence-corrected chi connectivity index (χ0v) is 18.7. The topological polar surface area (TPSA) is 71.1 Å². The van der Waals surface area contributed by atoms with Crippen LogP contribution in [0, 0.1) is 0 Å². The van der Waals surface area contributed by atoms with Gasteiger partial charge in [-0.15, -0.1) is 0 Å². The Hall–Kier alpha value is -3.13. The minimum Gasteiger partial charge on any atom is -0.467 e. The molecule has 0 unspecified atom stereocenters. The summed E-state index contributed by atoms with van der Waals surface area (Å²) >= 11 is 9.32. The highest BCUT2D eigenvalue weighted by Gasteiger charge is 2.29. The highest BCUT2D eigenvalue weighted by Crippen LogP contribution is 2.38. The van der Waals surface area contributed by atoms with Crippen LogP contribution in [0.15, 0.2) is 64.8 Å². The first-order valence-electron chi connectivity index (χ1n) is 9.57. The number of benzene rings is 3. The van der Waals surface area contributed by atoms with Crippen molar-refractivity contribution in [3.8, 4) is 17.2 Å². The summed E-state index contributed by atoms with van der Waals surface area (Å²) in [4.78, 5) is 25.2. The van der Waals surface area contributed by atoms with Gasteiger partial charge in [-0.05, 0) is 54.6 Å². The lowest BCUT2D eigenvalue weighted by Crippen LogP contribution is -2.12. The standard InChI is InChI=1S/C24H14BrClO6/c25-16-7-14(23-15(8-16)11-29-12-30-23)9-21-22(27)19-6-5-18(10-20(19)32-21)31-24(28)13-1-3-17(26)4-2-13/h1-10H,11-12H2/b21-9-. The van der Waals surface area contributed by atoms with E-state index in [0.29, 0.717) is 39.8 Å². The molecule has 0 amide bonds. The number of allylic oxidation sites excluding steroid dienone is 1. The number of hydrogen-bond donors (Lipinski definition) is 0. The number of rotatable bonds is 3. The van der Waals surface area contributed by atoms with Crippen LogP contribution in [0.4, 0.5) is 0 Å². The Balaban J connectivity index is 1.40. The van der Waals surface area contributed by atoms with Gasteiger partial charge in [0.05, 0.1) is 17.7 Å². The maximum absolute atomic E-state index is 12.9. The predicted octanol–water partition coefficient (Wildman–Crippen LogP) is 5.80. The van der Waals surface area contributed by atoms with E-state index in [1.807, 2.05) is 12.1 Å². The Morgan fingerprint density at radius 3 is 2.72 bits per heavy atom. The second kappa shape index (κ2) is 8.43. The van der Waals surface area contributed by atoms with Crippen molar-refractivity contribution in [3.05, 3.63) is 92.1 Å². The molecule has 0 fully saturated rings. The zero-order valence-electron chi connectivity index (χ0n) is 16.4. The molecular formula is C24H14BrClO6. The number of Topliss-reactive ketones (excluding diaryl/α,β-unsaturated/α-hetero) is 1. The first-order valence-corrected chi connectivity index (χ1v) is 10.7. The van der Waals surface area contributed by atoms with Crippen LogP contribution in [0.1, 0.15) is 31.8 Å². The van der Waals surface area contributed by atoms with E-state index < -0.39 is 5.97 Å². The number of ether oxygens (including phenoxy) is 4. The number of esters is 1. The average Bonchev–Trinajstić information content (AvgIpc) is 3.08. The SMILES string of the molecule is O=C(Oc1ccc2c(c1)O/C(=C\c1cc(Br)cc3c1OCOC3)C2=O)c1ccc(Cl)cc1. The molecule has 6 nitrogen and oxygen atoms in total. The fraction of sp³-hybridized carbons (Fsp3) is 0.0833. The molecule has 32 heavy (non-hydrogen) atoms. The van der Waals surface area contributed by atoms with Gasteiger partial charge in [0.1, 0.15) is 17.2 Å². The van der Waals surface area contributed by atoms with E-state index in [9.17, 15) is 9.59 Å². The lowest BCUT2D eigenvalue weighted by atomic mass is 10.1. The molecule has 2 aliphatic heterocycles. The highest BCUT2D eigenvalue weighted by molar-refractivity contribution is 9.10. The first-order chi connectivity index (χ1) is 15.5. The van der Waals surface area contributed by atoms with Gasteiger partial charge in [0.15, 0.2) is 12.6 Å². The van der Waals surface area contributed by atoms with E-state index in [-0.39, 0.29) is 24.1 Å². The number of fused-ring (bicyclic) bond motifs is 2. The van der Waals surface area contributed by atoms with E-state index in [1.165, 1.54) is 6.07 Å². The van der Waals surface area contributed by atoms with Crippen LogP contribution in [0.5, 0.6) is 17.2 Å². The van der Waals surface area contributed by atoms with Gasteiger partial charge >= 0.3 is 5.97 Å². The number of carbonyl (C=O) groups is 2. The molecule has 5 rings (SSSR count). The molecule has 3 aromatic carbocycles. The van der Waals surface area contributed by atoms with Crippen molar-refractivity contribution in [1.82, 2.24) is 0 Å². The fourth-order valence-corrected chi connectivity index (χ4v) is 4.09. The number of halogens is 2. The molecule has 0 aromatic heterocycles. The largest absolute Gasteiger partial charge is 0.467 e. The summed E-state index contributed by atoms with van der Waals surface area (Å²) in [5.41, 5.74) is 2.31. The summed E-state index contributed by atoms with van der Waals surface area (Å²) < 4.78 is 23.0. The van der Waals surface area contributed by atoms with Crippen molar-refractivity contribution < 1.29 is 28.5 Å². The maximum Gasteiger partial charge on any atom is 0.343 e. The molecule has 0 bridgehead atoms. The van der Waals surface area contributed by atoms with E-state index in [0.717, 1.165) is 10.0 Å². The lowest BCUT2D eigenvalue weighted by molar-refractivity contribution is -0.0165. The third-order valence-corrected chi connectivity index (χ3v) is 5.63. The van der Waals surface area contributed by atoms with Gasteiger partial charge < -0.3 is 18.9 Å². The molecule has 160 valence electrons. The summed E-state index contributed by atoms with van der Waals surface area (Å²) in [5, 5.41) is 0.523. The van der Waals surface area contributed by atoms with E-state index >= 15 is 0 Å². The van der Waals surface area contributed by atoms with Crippen molar-refractivity contribution in [2.75, 3.05) is 6.79 Å². The maximum atomic E-state index is 12.9. The molecule has 0 aliphatic carbocycles. The van der Waals surface area contributed by atoms with Gasteiger partial charge in [-0.25, -0.2) is 4.79 Å². The van der Waals surface area contributed by atoms with Gasteiger partial charge in [0.25, 0.3) is 0 Å². The molecule has 0 atom stereocenters. The molecular weight excluding hydrogens is 500 g/mol. The number of ketones is 1. The van der Waals surface area contributed by atoms with Crippen LogP contribution in [-0.2, 0) is 11.3 Å². The molecule has 8 heteroatoms. The van der Waals surface area contributed by atoms with Gasteiger partial charge in [-0.1, -0.05) is 27.5 Å². The average molecular weight is 514 g/mol. The molecule has 0 N–H and O–H groups in total. The second-order valence-electron chi connectivity index (χ2n) is 7.09. The van der Waals surface area contributed by atoms with Crippen LogP contribution in [-0.4, -0.2) is 18.5 Å². The van der Waals surface area contributed by atoms with Gasteiger partial charge in [-0.2, -0.15) is 0 Å². The molecule has 2 aliphatic rings. The Kier molecular flexibility index (Phi) is 5.46. The van der Waals surface area contributed by atoms with Crippen molar-refractivity contribution in [3.63, 3.8) is 0 Å². The van der Waals surface area contributed by atoms with Crippen LogP contribution < -0.4 is 14.2 Å². The monoisotopic (exact) mass is 512 g/mol. The Morgan fingerprint density at radius 2 is 1.91 bits per heavy atom. The van der Waals surface area contributed by atoms with Crippen LogP contribution in [0.2, 0.25) is 5.02 Å². The van der Waals surface area contributed by atoms with Crippen LogP contribution in [0.3, 0.4) is 0 Å².